The third kappa shape index (κ3) is 1.60. The molecule has 0 spiro atoms. The summed E-state index contributed by atoms with van der Waals surface area (Å²) in [5.41, 5.74) is 0. The average molecular weight is 219 g/mol. The van der Waals surface area contributed by atoms with Crippen LogP contribution in [0.2, 0.25) is 0 Å². The quantitative estimate of drug-likeness (QED) is 0.840. The van der Waals surface area contributed by atoms with E-state index in [4.69, 9.17) is 4.42 Å². The van der Waals surface area contributed by atoms with Crippen LogP contribution in [0.15, 0.2) is 16.5 Å². The number of fused-ring (bicyclic) bond motifs is 1. The van der Waals surface area contributed by atoms with Crippen LogP contribution in [-0.2, 0) is 0 Å². The normalized spacial score (nSPS) is 33.8. The molecule has 2 saturated carbocycles. The maximum absolute atomic E-state index is 5.80. The van der Waals surface area contributed by atoms with Gasteiger partial charge in [0.1, 0.15) is 11.5 Å². The van der Waals surface area contributed by atoms with Crippen molar-refractivity contribution in [2.45, 2.75) is 39.2 Å². The summed E-state index contributed by atoms with van der Waals surface area (Å²) in [7, 11) is 0. The average Bonchev–Trinajstić information content (AvgIpc) is 2.70. The second-order valence-corrected chi connectivity index (χ2v) is 5.32. The van der Waals surface area contributed by atoms with Crippen molar-refractivity contribution in [3.63, 3.8) is 0 Å². The van der Waals surface area contributed by atoms with Crippen molar-refractivity contribution in [3.05, 3.63) is 23.7 Å². The first-order valence-electron chi connectivity index (χ1n) is 6.61. The minimum atomic E-state index is 0.467. The molecule has 2 heteroatoms. The van der Waals surface area contributed by atoms with Crippen LogP contribution < -0.4 is 5.32 Å². The summed E-state index contributed by atoms with van der Waals surface area (Å²) in [4.78, 5) is 0. The minimum Gasteiger partial charge on any atom is -0.465 e. The van der Waals surface area contributed by atoms with Gasteiger partial charge < -0.3 is 9.73 Å². The van der Waals surface area contributed by atoms with Crippen molar-refractivity contribution >= 4 is 0 Å². The lowest BCUT2D eigenvalue weighted by Gasteiger charge is -2.17. The number of furan rings is 1. The summed E-state index contributed by atoms with van der Waals surface area (Å²) in [6.45, 7) is 5.24. The highest BCUT2D eigenvalue weighted by molar-refractivity contribution is 5.17. The summed E-state index contributed by atoms with van der Waals surface area (Å²) in [5.74, 6) is 4.99. The van der Waals surface area contributed by atoms with E-state index in [1.54, 1.807) is 0 Å². The Morgan fingerprint density at radius 3 is 2.69 bits per heavy atom. The Bertz CT molecular complexity index is 361. The van der Waals surface area contributed by atoms with Gasteiger partial charge in [-0.1, -0.05) is 13.3 Å². The van der Waals surface area contributed by atoms with Crippen LogP contribution >= 0.6 is 0 Å². The van der Waals surface area contributed by atoms with E-state index < -0.39 is 0 Å². The van der Waals surface area contributed by atoms with Crippen LogP contribution in [0, 0.1) is 24.7 Å². The summed E-state index contributed by atoms with van der Waals surface area (Å²) >= 11 is 0. The predicted octanol–water partition coefficient (Wildman–Crippen LogP) is 3.28. The van der Waals surface area contributed by atoms with Gasteiger partial charge in [0.15, 0.2) is 0 Å². The Kier molecular flexibility index (Phi) is 2.55. The van der Waals surface area contributed by atoms with Crippen LogP contribution in [0.1, 0.15) is 43.7 Å². The van der Waals surface area contributed by atoms with E-state index in [0.717, 1.165) is 35.8 Å². The van der Waals surface area contributed by atoms with Gasteiger partial charge in [-0.15, -0.1) is 0 Å². The molecule has 1 aromatic rings. The van der Waals surface area contributed by atoms with Crippen molar-refractivity contribution in [2.24, 2.45) is 17.8 Å². The molecule has 0 aromatic carbocycles. The molecule has 2 fully saturated rings. The van der Waals surface area contributed by atoms with E-state index in [1.165, 1.54) is 19.3 Å². The zero-order valence-electron chi connectivity index (χ0n) is 10.2. The van der Waals surface area contributed by atoms with Gasteiger partial charge in [-0.3, -0.25) is 0 Å². The summed E-state index contributed by atoms with van der Waals surface area (Å²) < 4.78 is 5.80. The topological polar surface area (TPSA) is 25.2 Å². The molecular formula is C14H21NO. The molecule has 3 atom stereocenters. The standard InChI is InChI=1S/C14H21NO/c1-3-15-14(12-8-7-9(2)16-12)13-10-5-4-6-11(10)13/h7-8,10-11,13-15H,3-6H2,1-2H3. The molecular weight excluding hydrogens is 198 g/mol. The molecule has 1 N–H and O–H groups in total. The van der Waals surface area contributed by atoms with Crippen LogP contribution in [0.25, 0.3) is 0 Å². The zero-order chi connectivity index (χ0) is 11.1. The molecule has 3 unspecified atom stereocenters. The van der Waals surface area contributed by atoms with Gasteiger partial charge >= 0.3 is 0 Å². The summed E-state index contributed by atoms with van der Waals surface area (Å²) in [6.07, 6.45) is 4.33. The maximum Gasteiger partial charge on any atom is 0.121 e. The third-order valence-electron chi connectivity index (χ3n) is 4.35. The number of nitrogens with one attached hydrogen (secondary N) is 1. The smallest absolute Gasteiger partial charge is 0.121 e. The van der Waals surface area contributed by atoms with Crippen LogP contribution in [0.3, 0.4) is 0 Å². The Morgan fingerprint density at radius 2 is 2.12 bits per heavy atom. The highest BCUT2D eigenvalue weighted by Gasteiger charge is 2.56. The molecule has 0 bridgehead atoms. The first-order chi connectivity index (χ1) is 7.81. The van der Waals surface area contributed by atoms with E-state index in [1.807, 2.05) is 6.92 Å². The van der Waals surface area contributed by atoms with Crippen molar-refractivity contribution in [1.29, 1.82) is 0 Å². The van der Waals surface area contributed by atoms with Gasteiger partial charge in [0.25, 0.3) is 0 Å². The number of hydrogen-bond donors (Lipinski definition) is 1. The Labute approximate surface area is 97.4 Å². The van der Waals surface area contributed by atoms with E-state index in [2.05, 4.69) is 24.4 Å². The van der Waals surface area contributed by atoms with E-state index in [0.29, 0.717) is 6.04 Å². The third-order valence-corrected chi connectivity index (χ3v) is 4.35. The van der Waals surface area contributed by atoms with Gasteiger partial charge in [0.2, 0.25) is 0 Å². The second kappa shape index (κ2) is 3.92. The lowest BCUT2D eigenvalue weighted by atomic mass is 10.0. The maximum atomic E-state index is 5.80. The van der Waals surface area contributed by atoms with Crippen molar-refractivity contribution in [3.8, 4) is 0 Å². The SMILES string of the molecule is CCNC(c1ccc(C)o1)C1C2CCCC21. The van der Waals surface area contributed by atoms with E-state index in [-0.39, 0.29) is 0 Å². The molecule has 0 aliphatic heterocycles. The fraction of sp³-hybridized carbons (Fsp3) is 0.714. The van der Waals surface area contributed by atoms with Crippen molar-refractivity contribution in [1.82, 2.24) is 5.32 Å². The number of aryl methyl sites for hydroxylation is 1. The van der Waals surface area contributed by atoms with Crippen molar-refractivity contribution < 1.29 is 4.42 Å². The van der Waals surface area contributed by atoms with Gasteiger partial charge in [-0.25, -0.2) is 0 Å². The molecule has 88 valence electrons. The second-order valence-electron chi connectivity index (χ2n) is 5.32. The van der Waals surface area contributed by atoms with Gasteiger partial charge in [0, 0.05) is 0 Å². The monoisotopic (exact) mass is 219 g/mol. The van der Waals surface area contributed by atoms with Crippen LogP contribution in [0.4, 0.5) is 0 Å². The molecule has 0 saturated heterocycles. The Morgan fingerprint density at radius 1 is 1.38 bits per heavy atom. The Hall–Kier alpha value is -0.760. The summed E-state index contributed by atoms with van der Waals surface area (Å²) in [5, 5.41) is 3.61. The molecule has 0 amide bonds. The molecule has 1 aromatic heterocycles. The summed E-state index contributed by atoms with van der Waals surface area (Å²) in [6, 6.07) is 4.70. The fourth-order valence-corrected chi connectivity index (χ4v) is 3.64. The van der Waals surface area contributed by atoms with Gasteiger partial charge in [-0.05, 0) is 56.2 Å². The van der Waals surface area contributed by atoms with Gasteiger partial charge in [-0.2, -0.15) is 0 Å². The van der Waals surface area contributed by atoms with Gasteiger partial charge in [0.05, 0.1) is 6.04 Å². The first kappa shape index (κ1) is 10.4. The molecule has 0 radical (unpaired) electrons. The highest BCUT2D eigenvalue weighted by atomic mass is 16.3. The molecule has 2 aliphatic carbocycles. The zero-order valence-corrected chi connectivity index (χ0v) is 10.2. The molecule has 16 heavy (non-hydrogen) atoms. The molecule has 2 nitrogen and oxygen atoms in total. The number of rotatable bonds is 4. The van der Waals surface area contributed by atoms with Crippen LogP contribution in [0.5, 0.6) is 0 Å². The Balaban J connectivity index is 1.77. The van der Waals surface area contributed by atoms with Crippen molar-refractivity contribution in [2.75, 3.05) is 6.54 Å². The first-order valence-corrected chi connectivity index (χ1v) is 6.61. The number of hydrogen-bond acceptors (Lipinski definition) is 2. The lowest BCUT2D eigenvalue weighted by molar-refractivity contribution is 0.348. The fourth-order valence-electron chi connectivity index (χ4n) is 3.64. The molecule has 1 heterocycles. The van der Waals surface area contributed by atoms with E-state index >= 15 is 0 Å². The predicted molar refractivity (Wildman–Crippen MR) is 64.2 cm³/mol. The minimum absolute atomic E-state index is 0.467. The molecule has 3 rings (SSSR count). The van der Waals surface area contributed by atoms with E-state index in [9.17, 15) is 0 Å². The largest absolute Gasteiger partial charge is 0.465 e. The molecule has 2 aliphatic rings. The lowest BCUT2D eigenvalue weighted by Crippen LogP contribution is -2.24. The van der Waals surface area contributed by atoms with Crippen LogP contribution in [-0.4, -0.2) is 6.54 Å². The highest BCUT2D eigenvalue weighted by Crippen LogP contribution is 2.62.